The molecule has 0 saturated heterocycles. The third kappa shape index (κ3) is 4.66. The Morgan fingerprint density at radius 2 is 1.89 bits per heavy atom. The number of aliphatic hydroxyl groups excluding tert-OH is 1. The number of halogens is 3. The van der Waals surface area contributed by atoms with Crippen molar-refractivity contribution in [2.45, 2.75) is 43.8 Å². The Labute approximate surface area is 127 Å². The molecule has 1 rings (SSSR count). The summed E-state index contributed by atoms with van der Waals surface area (Å²) in [7, 11) is 0. The second-order valence-electron chi connectivity index (χ2n) is 5.78. The van der Waals surface area contributed by atoms with Gasteiger partial charge in [0.15, 0.2) is 9.58 Å². The second-order valence-corrected chi connectivity index (χ2v) is 8.30. The van der Waals surface area contributed by atoms with E-state index in [9.17, 15) is 14.7 Å². The Balaban J connectivity index is 3.16. The summed E-state index contributed by atoms with van der Waals surface area (Å²) < 4.78 is -1.64. The predicted octanol–water partition coefficient (Wildman–Crippen LogP) is 4.15. The maximum atomic E-state index is 12.2. The smallest absolute Gasteiger partial charge is 0.191 e. The predicted molar refractivity (Wildman–Crippen MR) is 76.8 cm³/mol. The van der Waals surface area contributed by atoms with Crippen molar-refractivity contribution in [3.05, 3.63) is 11.3 Å². The molecule has 0 aromatic rings. The number of rotatable bonds is 3. The molecule has 0 heterocycles. The van der Waals surface area contributed by atoms with Crippen LogP contribution in [0.5, 0.6) is 0 Å². The van der Waals surface area contributed by atoms with E-state index in [1.807, 2.05) is 13.8 Å². The number of Topliss-reactive ketones (excluding diaryl/α,β-unsaturated/α-hetero) is 2. The Hall–Kier alpha value is -0.250. The van der Waals surface area contributed by atoms with Crippen LogP contribution < -0.4 is 0 Å². The first-order chi connectivity index (χ1) is 8.43. The van der Waals surface area contributed by atoms with Gasteiger partial charge in [0.05, 0.1) is 5.92 Å². The van der Waals surface area contributed by atoms with Crippen molar-refractivity contribution in [1.29, 1.82) is 0 Å². The molecule has 3 nitrogen and oxygen atoms in total. The highest BCUT2D eigenvalue weighted by molar-refractivity contribution is 6.67. The summed E-state index contributed by atoms with van der Waals surface area (Å²) in [6, 6.07) is 0. The zero-order valence-corrected chi connectivity index (χ0v) is 13.4. The Morgan fingerprint density at radius 3 is 2.26 bits per heavy atom. The highest BCUT2D eigenvalue weighted by Gasteiger charge is 2.40. The molecular formula is C13H17Cl3O3. The van der Waals surface area contributed by atoms with Crippen LogP contribution in [-0.4, -0.2) is 20.5 Å². The molecule has 0 radical (unpaired) electrons. The molecule has 0 saturated carbocycles. The third-order valence-corrected chi connectivity index (χ3v) is 3.63. The molecule has 0 spiro atoms. The lowest BCUT2D eigenvalue weighted by molar-refractivity contribution is -0.124. The van der Waals surface area contributed by atoms with Crippen LogP contribution in [0.2, 0.25) is 0 Å². The van der Waals surface area contributed by atoms with Crippen molar-refractivity contribution in [2.75, 3.05) is 0 Å². The summed E-state index contributed by atoms with van der Waals surface area (Å²) in [5.74, 6) is -1.46. The molecule has 0 aromatic carbocycles. The Bertz CT molecular complexity index is 433. The molecule has 0 aromatic heterocycles. The van der Waals surface area contributed by atoms with Crippen LogP contribution in [0.25, 0.3) is 0 Å². The molecule has 108 valence electrons. The molecule has 0 bridgehead atoms. The van der Waals surface area contributed by atoms with E-state index < -0.39 is 9.71 Å². The molecule has 1 unspecified atom stereocenters. The highest BCUT2D eigenvalue weighted by Crippen LogP contribution is 2.42. The van der Waals surface area contributed by atoms with Crippen LogP contribution in [0.1, 0.15) is 40.0 Å². The van der Waals surface area contributed by atoms with Gasteiger partial charge in [-0.2, -0.15) is 0 Å². The normalized spacial score (nSPS) is 21.5. The fourth-order valence-corrected chi connectivity index (χ4v) is 2.84. The van der Waals surface area contributed by atoms with Gasteiger partial charge < -0.3 is 5.11 Å². The van der Waals surface area contributed by atoms with Gasteiger partial charge in [-0.05, 0) is 12.3 Å². The summed E-state index contributed by atoms with van der Waals surface area (Å²) in [5.41, 5.74) is -0.204. The first-order valence-corrected chi connectivity index (χ1v) is 7.09. The first kappa shape index (κ1) is 16.8. The number of aliphatic hydroxyl groups is 1. The maximum Gasteiger partial charge on any atom is 0.191 e. The van der Waals surface area contributed by atoms with Gasteiger partial charge in [0.25, 0.3) is 0 Å². The number of alkyl halides is 3. The van der Waals surface area contributed by atoms with Gasteiger partial charge in [0, 0.05) is 24.8 Å². The topological polar surface area (TPSA) is 54.4 Å². The SMILES string of the molecule is CC(=O)C(CC(Cl)(Cl)Cl)C1=C(O)CC(C)(C)CC1=O. The molecule has 0 aliphatic heterocycles. The van der Waals surface area contributed by atoms with Crippen molar-refractivity contribution in [3.63, 3.8) is 0 Å². The lowest BCUT2D eigenvalue weighted by atomic mass is 9.72. The maximum absolute atomic E-state index is 12.2. The van der Waals surface area contributed by atoms with Crippen LogP contribution in [-0.2, 0) is 9.59 Å². The minimum atomic E-state index is -1.64. The quantitative estimate of drug-likeness (QED) is 0.792. The molecule has 1 aliphatic rings. The number of hydrogen-bond acceptors (Lipinski definition) is 3. The van der Waals surface area contributed by atoms with Crippen LogP contribution >= 0.6 is 34.8 Å². The fraction of sp³-hybridized carbons (Fsp3) is 0.692. The number of ketones is 2. The minimum Gasteiger partial charge on any atom is -0.512 e. The molecule has 1 atom stereocenters. The van der Waals surface area contributed by atoms with Gasteiger partial charge in [-0.1, -0.05) is 48.7 Å². The van der Waals surface area contributed by atoms with Crippen molar-refractivity contribution in [2.24, 2.45) is 11.3 Å². The minimum absolute atomic E-state index is 0.0595. The van der Waals surface area contributed by atoms with Gasteiger partial charge in [0.1, 0.15) is 11.5 Å². The Kier molecular flexibility index (Phi) is 4.98. The van der Waals surface area contributed by atoms with E-state index in [2.05, 4.69) is 0 Å². The lowest BCUT2D eigenvalue weighted by Gasteiger charge is -2.32. The van der Waals surface area contributed by atoms with E-state index in [0.717, 1.165) is 0 Å². The molecular weight excluding hydrogens is 310 g/mol. The highest BCUT2D eigenvalue weighted by atomic mass is 35.6. The van der Waals surface area contributed by atoms with Crippen molar-refractivity contribution in [1.82, 2.24) is 0 Å². The zero-order valence-electron chi connectivity index (χ0n) is 11.1. The molecule has 0 amide bonds. The molecule has 6 heteroatoms. The summed E-state index contributed by atoms with van der Waals surface area (Å²) in [5, 5.41) is 10.1. The van der Waals surface area contributed by atoms with E-state index >= 15 is 0 Å². The number of allylic oxidation sites excluding steroid dienone is 2. The third-order valence-electron chi connectivity index (χ3n) is 3.17. The summed E-state index contributed by atoms with van der Waals surface area (Å²) in [6.07, 6.45) is 0.506. The van der Waals surface area contributed by atoms with Crippen LogP contribution in [0.3, 0.4) is 0 Å². The average molecular weight is 328 g/mol. The van der Waals surface area contributed by atoms with Crippen LogP contribution in [0, 0.1) is 11.3 Å². The van der Waals surface area contributed by atoms with Crippen LogP contribution in [0.15, 0.2) is 11.3 Å². The van der Waals surface area contributed by atoms with Gasteiger partial charge in [-0.3, -0.25) is 9.59 Å². The van der Waals surface area contributed by atoms with E-state index in [1.54, 1.807) is 0 Å². The number of carbonyl (C=O) groups excluding carboxylic acids is 2. The van der Waals surface area contributed by atoms with Gasteiger partial charge in [-0.15, -0.1) is 0 Å². The number of carbonyl (C=O) groups is 2. The molecule has 1 aliphatic carbocycles. The molecule has 0 fully saturated rings. The summed E-state index contributed by atoms with van der Waals surface area (Å²) in [4.78, 5) is 23.9. The van der Waals surface area contributed by atoms with E-state index in [4.69, 9.17) is 34.8 Å². The van der Waals surface area contributed by atoms with Gasteiger partial charge in [-0.25, -0.2) is 0 Å². The van der Waals surface area contributed by atoms with Crippen molar-refractivity contribution in [3.8, 4) is 0 Å². The van der Waals surface area contributed by atoms with E-state index in [-0.39, 0.29) is 41.2 Å². The molecule has 19 heavy (non-hydrogen) atoms. The standard InChI is InChI=1S/C13H17Cl3O3/c1-7(17)8(4-13(14,15)16)11-9(18)5-12(2,3)6-10(11)19/h8,18H,4-6H2,1-3H3. The zero-order chi connectivity index (χ0) is 15.0. The summed E-state index contributed by atoms with van der Waals surface area (Å²) in [6.45, 7) is 5.10. The van der Waals surface area contributed by atoms with E-state index in [1.165, 1.54) is 6.92 Å². The monoisotopic (exact) mass is 326 g/mol. The van der Waals surface area contributed by atoms with Gasteiger partial charge in [0.2, 0.25) is 0 Å². The van der Waals surface area contributed by atoms with Crippen LogP contribution in [0.4, 0.5) is 0 Å². The number of hydrogen-bond donors (Lipinski definition) is 1. The Morgan fingerprint density at radius 1 is 1.37 bits per heavy atom. The molecule has 1 N–H and O–H groups in total. The van der Waals surface area contributed by atoms with Crippen molar-refractivity contribution >= 4 is 46.4 Å². The van der Waals surface area contributed by atoms with Crippen molar-refractivity contribution < 1.29 is 14.7 Å². The largest absolute Gasteiger partial charge is 0.512 e. The average Bonchev–Trinajstić information content (AvgIpc) is 2.10. The summed E-state index contributed by atoms with van der Waals surface area (Å²) >= 11 is 17.1. The lowest BCUT2D eigenvalue weighted by Crippen LogP contribution is -2.32. The van der Waals surface area contributed by atoms with E-state index in [0.29, 0.717) is 6.42 Å². The first-order valence-electron chi connectivity index (χ1n) is 5.95. The van der Waals surface area contributed by atoms with Gasteiger partial charge >= 0.3 is 0 Å². The fourth-order valence-electron chi connectivity index (χ4n) is 2.38. The second kappa shape index (κ2) is 5.63.